The molecule has 0 aliphatic heterocycles. The maximum atomic E-state index is 11.4. The zero-order valence-corrected chi connectivity index (χ0v) is 9.86. The van der Waals surface area contributed by atoms with E-state index in [2.05, 4.69) is 5.32 Å². The molecule has 0 saturated heterocycles. The summed E-state index contributed by atoms with van der Waals surface area (Å²) in [6, 6.07) is 7.04. The number of hydrogen-bond acceptors (Lipinski definition) is 3. The fourth-order valence-corrected chi connectivity index (χ4v) is 1.32. The molecule has 0 spiro atoms. The maximum Gasteiger partial charge on any atom is 0.237 e. The predicted molar refractivity (Wildman–Crippen MR) is 63.2 cm³/mol. The van der Waals surface area contributed by atoms with Crippen LogP contribution in [-0.2, 0) is 4.79 Å². The van der Waals surface area contributed by atoms with Crippen molar-refractivity contribution in [1.29, 1.82) is 0 Å². The monoisotopic (exact) mass is 222 g/mol. The lowest BCUT2D eigenvalue weighted by molar-refractivity contribution is -0.122. The minimum atomic E-state index is -0.485. The molecule has 2 atom stereocenters. The minimum absolute atomic E-state index is 0.0515. The van der Waals surface area contributed by atoms with Gasteiger partial charge in [0.25, 0.3) is 0 Å². The topological polar surface area (TPSA) is 64.3 Å². The Bertz CT molecular complexity index is 347. The van der Waals surface area contributed by atoms with Crippen LogP contribution in [0.2, 0.25) is 0 Å². The van der Waals surface area contributed by atoms with Crippen LogP contribution in [0.4, 0.5) is 0 Å². The van der Waals surface area contributed by atoms with E-state index in [1.54, 1.807) is 14.0 Å². The van der Waals surface area contributed by atoms with Crippen molar-refractivity contribution >= 4 is 5.91 Å². The smallest absolute Gasteiger partial charge is 0.237 e. The van der Waals surface area contributed by atoms with E-state index >= 15 is 0 Å². The maximum absolute atomic E-state index is 11.4. The fourth-order valence-electron chi connectivity index (χ4n) is 1.32. The first-order chi connectivity index (χ1) is 7.54. The molecule has 1 aromatic carbocycles. The number of amides is 1. The molecule has 0 aromatic heterocycles. The van der Waals surface area contributed by atoms with Crippen molar-refractivity contribution in [2.24, 2.45) is 5.73 Å². The Morgan fingerprint density at radius 3 is 2.31 bits per heavy atom. The third kappa shape index (κ3) is 3.24. The van der Waals surface area contributed by atoms with Gasteiger partial charge in [-0.2, -0.15) is 0 Å². The van der Waals surface area contributed by atoms with E-state index in [0.29, 0.717) is 0 Å². The van der Waals surface area contributed by atoms with Gasteiger partial charge >= 0.3 is 0 Å². The van der Waals surface area contributed by atoms with E-state index in [9.17, 15) is 4.79 Å². The van der Waals surface area contributed by atoms with Gasteiger partial charge in [-0.15, -0.1) is 0 Å². The number of carbonyl (C=O) groups is 1. The molecule has 0 radical (unpaired) electrons. The summed E-state index contributed by atoms with van der Waals surface area (Å²) in [5.74, 6) is 0.651. The molecule has 0 fully saturated rings. The van der Waals surface area contributed by atoms with Crippen molar-refractivity contribution in [1.82, 2.24) is 5.32 Å². The molecule has 3 N–H and O–H groups in total. The second-order valence-electron chi connectivity index (χ2n) is 3.79. The Kier molecular flexibility index (Phi) is 4.31. The Labute approximate surface area is 95.8 Å². The standard InChI is InChI=1S/C12H18N2O2/c1-8(13)12(15)14-9(2)10-4-6-11(16-3)7-5-10/h4-9H,13H2,1-3H3,(H,14,15)/t8?,9-/m1/s1. The predicted octanol–water partition coefficient (Wildman–Crippen LogP) is 1.22. The van der Waals surface area contributed by atoms with E-state index in [-0.39, 0.29) is 11.9 Å². The molecule has 0 bridgehead atoms. The molecular weight excluding hydrogens is 204 g/mol. The van der Waals surface area contributed by atoms with Crippen molar-refractivity contribution in [3.8, 4) is 5.75 Å². The molecule has 1 amide bonds. The molecule has 1 unspecified atom stereocenters. The molecular formula is C12H18N2O2. The molecule has 1 rings (SSSR count). The van der Waals surface area contributed by atoms with Gasteiger partial charge in [0.1, 0.15) is 5.75 Å². The minimum Gasteiger partial charge on any atom is -0.497 e. The van der Waals surface area contributed by atoms with Gasteiger partial charge in [-0.05, 0) is 31.5 Å². The van der Waals surface area contributed by atoms with Crippen molar-refractivity contribution in [3.63, 3.8) is 0 Å². The SMILES string of the molecule is COc1ccc([C@@H](C)NC(=O)C(C)N)cc1. The number of carbonyl (C=O) groups excluding carboxylic acids is 1. The summed E-state index contributed by atoms with van der Waals surface area (Å²) in [4.78, 5) is 11.4. The van der Waals surface area contributed by atoms with Gasteiger partial charge in [-0.25, -0.2) is 0 Å². The molecule has 1 aromatic rings. The summed E-state index contributed by atoms with van der Waals surface area (Å²) in [7, 11) is 1.62. The molecule has 0 aliphatic carbocycles. The average molecular weight is 222 g/mol. The van der Waals surface area contributed by atoms with Crippen LogP contribution in [-0.4, -0.2) is 19.1 Å². The van der Waals surface area contributed by atoms with E-state index in [1.807, 2.05) is 31.2 Å². The van der Waals surface area contributed by atoms with Gasteiger partial charge < -0.3 is 15.8 Å². The summed E-state index contributed by atoms with van der Waals surface area (Å²) >= 11 is 0. The van der Waals surface area contributed by atoms with Gasteiger partial charge in [0.05, 0.1) is 19.2 Å². The molecule has 0 heterocycles. The van der Waals surface area contributed by atoms with E-state index in [4.69, 9.17) is 10.5 Å². The zero-order chi connectivity index (χ0) is 12.1. The molecule has 88 valence electrons. The Morgan fingerprint density at radius 1 is 1.31 bits per heavy atom. The molecule has 4 heteroatoms. The third-order valence-corrected chi connectivity index (χ3v) is 2.39. The quantitative estimate of drug-likeness (QED) is 0.805. The zero-order valence-electron chi connectivity index (χ0n) is 9.86. The van der Waals surface area contributed by atoms with Crippen molar-refractivity contribution in [2.75, 3.05) is 7.11 Å². The number of nitrogens with two attached hydrogens (primary N) is 1. The van der Waals surface area contributed by atoms with Crippen LogP contribution >= 0.6 is 0 Å². The lowest BCUT2D eigenvalue weighted by Gasteiger charge is -2.16. The highest BCUT2D eigenvalue weighted by Gasteiger charge is 2.12. The van der Waals surface area contributed by atoms with Crippen LogP contribution in [0.1, 0.15) is 25.5 Å². The second-order valence-corrected chi connectivity index (χ2v) is 3.79. The molecule has 16 heavy (non-hydrogen) atoms. The summed E-state index contributed by atoms with van der Waals surface area (Å²) < 4.78 is 5.06. The van der Waals surface area contributed by atoms with Crippen LogP contribution in [0.15, 0.2) is 24.3 Å². The number of nitrogens with one attached hydrogen (secondary N) is 1. The Hall–Kier alpha value is -1.55. The lowest BCUT2D eigenvalue weighted by atomic mass is 10.1. The van der Waals surface area contributed by atoms with Gasteiger partial charge in [0.15, 0.2) is 0 Å². The first kappa shape index (κ1) is 12.5. The third-order valence-electron chi connectivity index (χ3n) is 2.39. The number of benzene rings is 1. The average Bonchev–Trinajstić information content (AvgIpc) is 2.28. The molecule has 0 saturated carbocycles. The van der Waals surface area contributed by atoms with E-state index in [1.165, 1.54) is 0 Å². The number of methoxy groups -OCH3 is 1. The van der Waals surface area contributed by atoms with E-state index in [0.717, 1.165) is 11.3 Å². The van der Waals surface area contributed by atoms with Crippen LogP contribution in [0.5, 0.6) is 5.75 Å². The van der Waals surface area contributed by atoms with Crippen molar-refractivity contribution < 1.29 is 9.53 Å². The fraction of sp³-hybridized carbons (Fsp3) is 0.417. The van der Waals surface area contributed by atoms with Crippen LogP contribution in [0.3, 0.4) is 0 Å². The van der Waals surface area contributed by atoms with Gasteiger partial charge in [0, 0.05) is 0 Å². The van der Waals surface area contributed by atoms with Gasteiger partial charge in [-0.1, -0.05) is 12.1 Å². The Morgan fingerprint density at radius 2 is 1.88 bits per heavy atom. The highest BCUT2D eigenvalue weighted by atomic mass is 16.5. The van der Waals surface area contributed by atoms with Crippen molar-refractivity contribution in [3.05, 3.63) is 29.8 Å². The normalized spacial score (nSPS) is 14.0. The number of hydrogen-bond donors (Lipinski definition) is 2. The largest absolute Gasteiger partial charge is 0.497 e. The van der Waals surface area contributed by atoms with Crippen LogP contribution in [0, 0.1) is 0 Å². The first-order valence-corrected chi connectivity index (χ1v) is 5.24. The van der Waals surface area contributed by atoms with Crippen LogP contribution in [0.25, 0.3) is 0 Å². The molecule has 4 nitrogen and oxygen atoms in total. The highest BCUT2D eigenvalue weighted by Crippen LogP contribution is 2.17. The lowest BCUT2D eigenvalue weighted by Crippen LogP contribution is -2.39. The number of ether oxygens (including phenoxy) is 1. The van der Waals surface area contributed by atoms with Crippen LogP contribution < -0.4 is 15.8 Å². The van der Waals surface area contributed by atoms with E-state index < -0.39 is 6.04 Å². The van der Waals surface area contributed by atoms with Crippen molar-refractivity contribution in [2.45, 2.75) is 25.9 Å². The summed E-state index contributed by atoms with van der Waals surface area (Å²) in [6.45, 7) is 3.58. The number of rotatable bonds is 4. The second kappa shape index (κ2) is 5.51. The summed E-state index contributed by atoms with van der Waals surface area (Å²) in [5, 5.41) is 2.83. The Balaban J connectivity index is 2.65. The first-order valence-electron chi connectivity index (χ1n) is 5.24. The van der Waals surface area contributed by atoms with Gasteiger partial charge in [0.2, 0.25) is 5.91 Å². The molecule has 0 aliphatic rings. The summed E-state index contributed by atoms with van der Waals surface area (Å²) in [5.41, 5.74) is 6.50. The summed E-state index contributed by atoms with van der Waals surface area (Å²) in [6.07, 6.45) is 0. The highest BCUT2D eigenvalue weighted by molar-refractivity contribution is 5.81. The van der Waals surface area contributed by atoms with Gasteiger partial charge in [-0.3, -0.25) is 4.79 Å².